The molecule has 0 aromatic heterocycles. The van der Waals surface area contributed by atoms with Gasteiger partial charge in [-0.2, -0.15) is 0 Å². The quantitative estimate of drug-likeness (QED) is 0.471. The van der Waals surface area contributed by atoms with E-state index in [1.54, 1.807) is 0 Å². The fourth-order valence-electron chi connectivity index (χ4n) is 2.57. The molecule has 108 valence electrons. The Morgan fingerprint density at radius 3 is 2.65 bits per heavy atom. The van der Waals surface area contributed by atoms with Crippen LogP contribution in [0.1, 0.15) is 26.7 Å². The molecule has 1 aromatic carbocycles. The van der Waals surface area contributed by atoms with Gasteiger partial charge >= 0.3 is 131 Å². The van der Waals surface area contributed by atoms with Crippen LogP contribution in [0.5, 0.6) is 0 Å². The first-order valence-corrected chi connectivity index (χ1v) is 8.75. The third-order valence-corrected chi connectivity index (χ3v) is 7.38. The Hall–Kier alpha value is -0.761. The molecule has 20 heavy (non-hydrogen) atoms. The number of hydrogen-bond acceptors (Lipinski definition) is 2. The van der Waals surface area contributed by atoms with Crippen molar-refractivity contribution in [2.75, 3.05) is 7.11 Å². The zero-order valence-corrected chi connectivity index (χ0v) is 14.5. The van der Waals surface area contributed by atoms with Crippen LogP contribution in [0.3, 0.4) is 0 Å². The molecule has 1 aliphatic rings. The van der Waals surface area contributed by atoms with Crippen LogP contribution >= 0.6 is 11.6 Å². The molecule has 0 unspecified atom stereocenters. The second-order valence-corrected chi connectivity index (χ2v) is 8.68. The number of rotatable bonds is 3. The third-order valence-electron chi connectivity index (χ3n) is 3.80. The Morgan fingerprint density at radius 1 is 1.40 bits per heavy atom. The molecule has 4 heteroatoms. The summed E-state index contributed by atoms with van der Waals surface area (Å²) in [5.41, 5.74) is 1.28. The van der Waals surface area contributed by atoms with Gasteiger partial charge in [-0.15, -0.1) is 0 Å². The summed E-state index contributed by atoms with van der Waals surface area (Å²) in [5.74, 6) is 0.224. The topological polar surface area (TPSA) is 26.3 Å². The van der Waals surface area contributed by atoms with Crippen LogP contribution in [0.25, 0.3) is 0 Å². The van der Waals surface area contributed by atoms with Gasteiger partial charge in [0.05, 0.1) is 0 Å². The average Bonchev–Trinajstić information content (AvgIpc) is 2.44. The number of benzene rings is 1. The summed E-state index contributed by atoms with van der Waals surface area (Å²) in [6, 6.07) is 7.82. The van der Waals surface area contributed by atoms with E-state index >= 15 is 0 Å². The Labute approximate surface area is 131 Å². The van der Waals surface area contributed by atoms with Crippen LogP contribution in [0.4, 0.5) is 0 Å². The van der Waals surface area contributed by atoms with E-state index in [0.717, 1.165) is 17.9 Å². The second-order valence-electron chi connectivity index (χ2n) is 5.30. The summed E-state index contributed by atoms with van der Waals surface area (Å²) >= 11 is 5.96. The zero-order chi connectivity index (χ0) is 14.8. The summed E-state index contributed by atoms with van der Waals surface area (Å²) in [7, 11) is 1.49. The van der Waals surface area contributed by atoms with Gasteiger partial charge in [-0.05, 0) is 0 Å². The SMILES string of the molecule is COC(=O)[C@@]1([Se]c2ccc(Cl)cc2)CC(C)=CC[C@@H]1C. The fourth-order valence-corrected chi connectivity index (χ4v) is 5.75. The Morgan fingerprint density at radius 2 is 2.05 bits per heavy atom. The second kappa shape index (κ2) is 6.34. The fraction of sp³-hybridized carbons (Fsp3) is 0.438. The number of methoxy groups -OCH3 is 1. The molecule has 1 aromatic rings. The average molecular weight is 358 g/mol. The van der Waals surface area contributed by atoms with Crippen molar-refractivity contribution in [3.8, 4) is 0 Å². The standard InChI is InChI=1S/C16H19ClO2Se/c1-11-4-5-12(2)16(10-11,15(18)19-3)20-14-8-6-13(17)7-9-14/h4,6-9,12H,5,10H2,1-3H3/t12-,16+/m0/s1. The van der Waals surface area contributed by atoms with Gasteiger partial charge in [0.2, 0.25) is 0 Å². The van der Waals surface area contributed by atoms with Crippen LogP contribution in [-0.4, -0.2) is 28.0 Å². The molecule has 0 spiro atoms. The summed E-state index contributed by atoms with van der Waals surface area (Å²) in [6.07, 6.45) is 3.98. The molecule has 0 bridgehead atoms. The predicted molar refractivity (Wildman–Crippen MR) is 83.7 cm³/mol. The maximum atomic E-state index is 12.5. The molecule has 2 rings (SSSR count). The van der Waals surface area contributed by atoms with Gasteiger partial charge in [0.1, 0.15) is 0 Å². The Balaban J connectivity index is 2.35. The van der Waals surface area contributed by atoms with E-state index in [-0.39, 0.29) is 20.9 Å². The number of halogens is 1. The molecular formula is C16H19ClO2Se. The molecule has 0 aliphatic heterocycles. The van der Waals surface area contributed by atoms with E-state index in [0.29, 0.717) is 5.92 Å². The minimum absolute atomic E-state index is 0.0274. The summed E-state index contributed by atoms with van der Waals surface area (Å²) < 4.78 is 5.93. The molecular weight excluding hydrogens is 339 g/mol. The van der Waals surface area contributed by atoms with Gasteiger partial charge < -0.3 is 0 Å². The number of allylic oxidation sites excluding steroid dienone is 2. The van der Waals surface area contributed by atoms with Crippen molar-refractivity contribution in [3.05, 3.63) is 40.9 Å². The van der Waals surface area contributed by atoms with Gasteiger partial charge in [0, 0.05) is 0 Å². The van der Waals surface area contributed by atoms with Crippen molar-refractivity contribution in [2.45, 2.75) is 31.0 Å². The number of ether oxygens (including phenoxy) is 1. The van der Waals surface area contributed by atoms with Crippen LogP contribution in [0.15, 0.2) is 35.9 Å². The van der Waals surface area contributed by atoms with Crippen molar-refractivity contribution < 1.29 is 9.53 Å². The molecule has 2 nitrogen and oxygen atoms in total. The van der Waals surface area contributed by atoms with Crippen molar-refractivity contribution in [2.24, 2.45) is 5.92 Å². The first-order valence-electron chi connectivity index (χ1n) is 6.66. The number of esters is 1. The number of carbonyl (C=O) groups excluding carboxylic acids is 1. The number of hydrogen-bond donors (Lipinski definition) is 0. The maximum absolute atomic E-state index is 12.5. The van der Waals surface area contributed by atoms with Crippen LogP contribution in [0.2, 0.25) is 9.34 Å². The summed E-state index contributed by atoms with van der Waals surface area (Å²) in [4.78, 5) is 12.5. The van der Waals surface area contributed by atoms with Gasteiger partial charge in [0.15, 0.2) is 0 Å². The van der Waals surface area contributed by atoms with Crippen molar-refractivity contribution in [1.82, 2.24) is 0 Å². The molecule has 0 radical (unpaired) electrons. The van der Waals surface area contributed by atoms with Crippen molar-refractivity contribution in [3.63, 3.8) is 0 Å². The molecule has 0 N–H and O–H groups in total. The minimum atomic E-state index is -0.394. The molecule has 0 heterocycles. The first kappa shape index (κ1) is 15.6. The molecule has 2 atom stereocenters. The van der Waals surface area contributed by atoms with E-state index in [4.69, 9.17) is 16.3 Å². The molecule has 0 amide bonds. The Kier molecular flexibility index (Phi) is 4.95. The molecule has 0 saturated heterocycles. The van der Waals surface area contributed by atoms with E-state index in [2.05, 4.69) is 19.9 Å². The van der Waals surface area contributed by atoms with E-state index in [1.807, 2.05) is 24.3 Å². The van der Waals surface area contributed by atoms with Crippen molar-refractivity contribution >= 4 is 37.0 Å². The monoisotopic (exact) mass is 358 g/mol. The van der Waals surface area contributed by atoms with E-state index in [9.17, 15) is 4.79 Å². The van der Waals surface area contributed by atoms with Crippen LogP contribution in [-0.2, 0) is 9.53 Å². The van der Waals surface area contributed by atoms with Crippen molar-refractivity contribution in [1.29, 1.82) is 0 Å². The first-order chi connectivity index (χ1) is 9.48. The predicted octanol–water partition coefficient (Wildman–Crippen LogP) is 3.38. The number of carbonyl (C=O) groups is 1. The van der Waals surface area contributed by atoms with Gasteiger partial charge in [-0.3, -0.25) is 0 Å². The molecule has 0 fully saturated rings. The summed E-state index contributed by atoms with van der Waals surface area (Å²) in [5, 5.41) is 0.726. The van der Waals surface area contributed by atoms with Gasteiger partial charge in [-0.1, -0.05) is 0 Å². The molecule has 1 aliphatic carbocycles. The Bertz CT molecular complexity index is 524. The van der Waals surface area contributed by atoms with Gasteiger partial charge in [0.25, 0.3) is 0 Å². The van der Waals surface area contributed by atoms with Crippen LogP contribution < -0.4 is 4.46 Å². The van der Waals surface area contributed by atoms with Gasteiger partial charge in [-0.25, -0.2) is 0 Å². The zero-order valence-electron chi connectivity index (χ0n) is 12.0. The third kappa shape index (κ3) is 3.11. The normalized spacial score (nSPS) is 26.0. The van der Waals surface area contributed by atoms with Crippen LogP contribution in [0, 0.1) is 5.92 Å². The molecule has 0 saturated carbocycles. The summed E-state index contributed by atoms with van der Waals surface area (Å²) in [6.45, 7) is 4.25. The van der Waals surface area contributed by atoms with E-state index in [1.165, 1.54) is 17.1 Å². The van der Waals surface area contributed by atoms with E-state index < -0.39 is 4.31 Å².